The molecule has 2 aromatic carbocycles. The van der Waals surface area contributed by atoms with Crippen LogP contribution in [-0.2, 0) is 20.3 Å². The van der Waals surface area contributed by atoms with E-state index in [-0.39, 0.29) is 21.9 Å². The van der Waals surface area contributed by atoms with Gasteiger partial charge in [-0.1, -0.05) is 24.3 Å². The maximum atomic E-state index is 12.4. The fraction of sp³-hybridized carbons (Fsp3) is 0.222. The Morgan fingerprint density at radius 3 is 2.37 bits per heavy atom. The molecule has 0 aliphatic rings. The number of alkyl halides is 2. The van der Waals surface area contributed by atoms with E-state index >= 15 is 0 Å². The van der Waals surface area contributed by atoms with E-state index < -0.39 is 35.4 Å². The zero-order valence-electron chi connectivity index (χ0n) is 14.5. The van der Waals surface area contributed by atoms with Crippen LogP contribution in [0.3, 0.4) is 0 Å². The van der Waals surface area contributed by atoms with Crippen molar-refractivity contribution in [3.63, 3.8) is 0 Å². The van der Waals surface area contributed by atoms with Gasteiger partial charge >= 0.3 is 12.6 Å². The number of para-hydroxylation sites is 2. The van der Waals surface area contributed by atoms with Gasteiger partial charge < -0.3 is 14.8 Å². The van der Waals surface area contributed by atoms with Crippen molar-refractivity contribution in [2.24, 2.45) is 0 Å². The number of halogens is 2. The maximum absolute atomic E-state index is 12.4. The Hall–Kier alpha value is -2.81. The first-order chi connectivity index (χ1) is 12.8. The highest BCUT2D eigenvalue weighted by Crippen LogP contribution is 2.25. The third-order valence-electron chi connectivity index (χ3n) is 3.43. The monoisotopic (exact) mass is 397 g/mol. The van der Waals surface area contributed by atoms with Crippen molar-refractivity contribution in [2.45, 2.75) is 24.5 Å². The van der Waals surface area contributed by atoms with Crippen molar-refractivity contribution >= 4 is 28.4 Å². The first kappa shape index (κ1) is 20.5. The first-order valence-electron chi connectivity index (χ1n) is 7.77. The lowest BCUT2D eigenvalue weighted by Crippen LogP contribution is -2.30. The third kappa shape index (κ3) is 5.58. The lowest BCUT2D eigenvalue weighted by atomic mass is 10.2. The number of amides is 1. The molecule has 0 saturated carbocycles. The number of esters is 1. The first-order valence-corrected chi connectivity index (χ1v) is 9.33. The molecule has 9 heteroatoms. The van der Waals surface area contributed by atoms with Crippen LogP contribution in [0.5, 0.6) is 5.75 Å². The highest BCUT2D eigenvalue weighted by molar-refractivity contribution is 7.84. The van der Waals surface area contributed by atoms with E-state index in [9.17, 15) is 22.6 Å². The van der Waals surface area contributed by atoms with Crippen LogP contribution in [-0.4, -0.2) is 35.1 Å². The van der Waals surface area contributed by atoms with E-state index in [0.717, 1.165) is 0 Å². The van der Waals surface area contributed by atoms with Crippen molar-refractivity contribution in [1.82, 2.24) is 0 Å². The molecule has 0 aromatic heterocycles. The second kappa shape index (κ2) is 9.22. The van der Waals surface area contributed by atoms with Gasteiger partial charge in [-0.2, -0.15) is 8.78 Å². The zero-order chi connectivity index (χ0) is 20.0. The minimum absolute atomic E-state index is 0.0146. The van der Waals surface area contributed by atoms with Crippen molar-refractivity contribution in [3.8, 4) is 5.75 Å². The number of anilines is 1. The second-order valence-electron chi connectivity index (χ2n) is 5.36. The quantitative estimate of drug-likeness (QED) is 0.726. The van der Waals surface area contributed by atoms with Crippen LogP contribution in [0, 0.1) is 0 Å². The summed E-state index contributed by atoms with van der Waals surface area (Å²) in [5.74, 6) is -1.77. The Morgan fingerprint density at radius 1 is 1.07 bits per heavy atom. The lowest BCUT2D eigenvalue weighted by Gasteiger charge is -2.16. The van der Waals surface area contributed by atoms with Gasteiger partial charge in [0.05, 0.1) is 26.9 Å². The Morgan fingerprint density at radius 2 is 1.70 bits per heavy atom. The summed E-state index contributed by atoms with van der Waals surface area (Å²) in [7, 11) is -1.42. The van der Waals surface area contributed by atoms with E-state index in [2.05, 4.69) is 10.1 Å². The van der Waals surface area contributed by atoms with Crippen LogP contribution in [0.15, 0.2) is 53.4 Å². The Kier molecular flexibility index (Phi) is 7.00. The van der Waals surface area contributed by atoms with E-state index in [4.69, 9.17) is 4.74 Å². The predicted octanol–water partition coefficient (Wildman–Crippen LogP) is 3.21. The van der Waals surface area contributed by atoms with Crippen LogP contribution in [0.2, 0.25) is 0 Å². The topological polar surface area (TPSA) is 81.7 Å². The predicted molar refractivity (Wildman–Crippen MR) is 95.4 cm³/mol. The molecule has 144 valence electrons. The number of carbonyl (C=O) groups is 2. The van der Waals surface area contributed by atoms with Crippen LogP contribution in [0.25, 0.3) is 0 Å². The highest BCUT2D eigenvalue weighted by Gasteiger charge is 2.22. The van der Waals surface area contributed by atoms with Crippen LogP contribution in [0.4, 0.5) is 14.5 Å². The summed E-state index contributed by atoms with van der Waals surface area (Å²) in [5, 5.41) is 2.38. The number of hydrogen-bond acceptors (Lipinski definition) is 5. The molecular formula is C18H17F2NO5S. The van der Waals surface area contributed by atoms with Crippen molar-refractivity contribution in [3.05, 3.63) is 54.1 Å². The fourth-order valence-electron chi connectivity index (χ4n) is 2.17. The summed E-state index contributed by atoms with van der Waals surface area (Å²) >= 11 is 0. The van der Waals surface area contributed by atoms with Gasteiger partial charge in [-0.15, -0.1) is 0 Å². The van der Waals surface area contributed by atoms with E-state index in [0.29, 0.717) is 0 Å². The SMILES string of the molecule is C[C@H](OC(=O)c1ccccc1[S@@](C)=O)C(=O)Nc1ccccc1OC(F)F. The fourth-order valence-corrected chi connectivity index (χ4v) is 2.90. The van der Waals surface area contributed by atoms with Gasteiger partial charge in [0.25, 0.3) is 5.91 Å². The molecule has 27 heavy (non-hydrogen) atoms. The minimum atomic E-state index is -3.05. The molecule has 1 amide bonds. The lowest BCUT2D eigenvalue weighted by molar-refractivity contribution is -0.123. The standard InChI is InChI=1S/C18H17F2NO5S/c1-11(25-17(23)12-7-3-6-10-15(12)27(2)24)16(22)21-13-8-4-5-9-14(13)26-18(19)20/h3-11,18H,1-2H3,(H,21,22)/t11-,27+/m0/s1. The number of hydrogen-bond donors (Lipinski definition) is 1. The van der Waals surface area contributed by atoms with Gasteiger partial charge in [-0.25, -0.2) is 4.79 Å². The number of benzene rings is 2. The van der Waals surface area contributed by atoms with Crippen molar-refractivity contribution < 1.29 is 32.1 Å². The number of nitrogens with one attached hydrogen (secondary N) is 1. The molecule has 0 radical (unpaired) electrons. The summed E-state index contributed by atoms with van der Waals surface area (Å²) in [6.07, 6.45) is 0.192. The average Bonchev–Trinajstić information content (AvgIpc) is 2.62. The molecular weight excluding hydrogens is 380 g/mol. The van der Waals surface area contributed by atoms with Gasteiger partial charge in [-0.3, -0.25) is 9.00 Å². The molecule has 0 unspecified atom stereocenters. The number of ether oxygens (including phenoxy) is 2. The van der Waals surface area contributed by atoms with E-state index in [1.807, 2.05) is 0 Å². The van der Waals surface area contributed by atoms with Crippen LogP contribution in [0.1, 0.15) is 17.3 Å². The summed E-state index contributed by atoms with van der Waals surface area (Å²) in [5.41, 5.74) is 0.0974. The van der Waals surface area contributed by atoms with Gasteiger partial charge in [0.15, 0.2) is 6.10 Å². The second-order valence-corrected chi connectivity index (χ2v) is 6.71. The van der Waals surface area contributed by atoms with Gasteiger partial charge in [0.1, 0.15) is 5.75 Å². The smallest absolute Gasteiger partial charge is 0.387 e. The zero-order valence-corrected chi connectivity index (χ0v) is 15.3. The molecule has 0 spiro atoms. The maximum Gasteiger partial charge on any atom is 0.387 e. The summed E-state index contributed by atoms with van der Waals surface area (Å²) < 4.78 is 46.0. The minimum Gasteiger partial charge on any atom is -0.449 e. The van der Waals surface area contributed by atoms with Crippen LogP contribution < -0.4 is 10.1 Å². The van der Waals surface area contributed by atoms with Gasteiger partial charge in [0.2, 0.25) is 0 Å². The van der Waals surface area contributed by atoms with Crippen molar-refractivity contribution in [1.29, 1.82) is 0 Å². The van der Waals surface area contributed by atoms with Gasteiger partial charge in [-0.05, 0) is 31.2 Å². The average molecular weight is 397 g/mol. The number of rotatable bonds is 7. The highest BCUT2D eigenvalue weighted by atomic mass is 32.2. The molecule has 1 N–H and O–H groups in total. The van der Waals surface area contributed by atoms with Crippen LogP contribution >= 0.6 is 0 Å². The molecule has 0 aliphatic heterocycles. The summed E-state index contributed by atoms with van der Waals surface area (Å²) in [4.78, 5) is 24.8. The van der Waals surface area contributed by atoms with Gasteiger partial charge in [0, 0.05) is 6.26 Å². The largest absolute Gasteiger partial charge is 0.449 e. The molecule has 2 rings (SSSR count). The Balaban J connectivity index is 2.09. The molecule has 0 fully saturated rings. The normalized spacial score (nSPS) is 12.9. The molecule has 2 atom stereocenters. The molecule has 0 bridgehead atoms. The van der Waals surface area contributed by atoms with Crippen molar-refractivity contribution in [2.75, 3.05) is 11.6 Å². The third-order valence-corrected chi connectivity index (χ3v) is 4.41. The molecule has 2 aromatic rings. The molecule has 0 heterocycles. The number of carbonyl (C=O) groups excluding carboxylic acids is 2. The molecule has 0 saturated heterocycles. The Bertz CT molecular complexity index is 859. The van der Waals surface area contributed by atoms with E-state index in [1.54, 1.807) is 12.1 Å². The molecule has 6 nitrogen and oxygen atoms in total. The van der Waals surface area contributed by atoms with E-state index in [1.165, 1.54) is 49.6 Å². The summed E-state index contributed by atoms with van der Waals surface area (Å²) in [6, 6.07) is 11.8. The molecule has 0 aliphatic carbocycles. The summed E-state index contributed by atoms with van der Waals surface area (Å²) in [6.45, 7) is -1.72. The Labute approximate surface area is 156 Å².